The first kappa shape index (κ1) is 9.27. The summed E-state index contributed by atoms with van der Waals surface area (Å²) in [5.74, 6) is 0.292. The summed E-state index contributed by atoms with van der Waals surface area (Å²) in [5.41, 5.74) is 2.08. The minimum atomic E-state index is 0.118. The van der Waals surface area contributed by atoms with E-state index < -0.39 is 0 Å². The van der Waals surface area contributed by atoms with Crippen molar-refractivity contribution in [2.75, 3.05) is 0 Å². The molecule has 1 N–H and O–H groups in total. The largest absolute Gasteiger partial charge is 0.292 e. The third-order valence-corrected chi connectivity index (χ3v) is 2.78. The summed E-state index contributed by atoms with van der Waals surface area (Å²) in [4.78, 5) is 11.9. The van der Waals surface area contributed by atoms with E-state index in [0.717, 1.165) is 18.4 Å². The molecule has 4 nitrogen and oxygen atoms in total. The lowest BCUT2D eigenvalue weighted by molar-refractivity contribution is 0.0963. The Labute approximate surface area is 92.7 Å². The molecule has 80 valence electrons. The molecule has 1 saturated carbocycles. The molecule has 1 aromatic heterocycles. The highest BCUT2D eigenvalue weighted by Crippen LogP contribution is 2.34. The van der Waals surface area contributed by atoms with Gasteiger partial charge >= 0.3 is 0 Å². The highest BCUT2D eigenvalue weighted by molar-refractivity contribution is 6.02. The van der Waals surface area contributed by atoms with Crippen LogP contribution >= 0.6 is 0 Å². The molecule has 0 unspecified atom stereocenters. The molecule has 1 aliphatic rings. The second-order valence-corrected chi connectivity index (χ2v) is 4.03. The summed E-state index contributed by atoms with van der Waals surface area (Å²) >= 11 is 0. The van der Waals surface area contributed by atoms with Crippen LogP contribution in [0.5, 0.6) is 0 Å². The van der Waals surface area contributed by atoms with Crippen molar-refractivity contribution in [3.05, 3.63) is 36.0 Å². The molecule has 0 aliphatic heterocycles. The van der Waals surface area contributed by atoms with Crippen LogP contribution < -0.4 is 0 Å². The summed E-state index contributed by atoms with van der Waals surface area (Å²) in [6, 6.07) is 9.65. The number of rotatable bonds is 3. The SMILES string of the molecule is O=C(c1n[nH]nc1-c1ccccc1)C1CC1. The molecule has 0 atom stereocenters. The van der Waals surface area contributed by atoms with Crippen LogP contribution in [0.15, 0.2) is 30.3 Å². The number of hydrogen-bond acceptors (Lipinski definition) is 3. The van der Waals surface area contributed by atoms with Crippen molar-refractivity contribution >= 4 is 5.78 Å². The maximum Gasteiger partial charge on any atom is 0.188 e. The van der Waals surface area contributed by atoms with Gasteiger partial charge in [-0.15, -0.1) is 0 Å². The van der Waals surface area contributed by atoms with Gasteiger partial charge in [0.25, 0.3) is 0 Å². The smallest absolute Gasteiger partial charge is 0.188 e. The number of aromatic amines is 1. The average Bonchev–Trinajstić information content (AvgIpc) is 3.06. The van der Waals surface area contributed by atoms with E-state index in [4.69, 9.17) is 0 Å². The van der Waals surface area contributed by atoms with Crippen LogP contribution in [0.1, 0.15) is 23.3 Å². The minimum Gasteiger partial charge on any atom is -0.292 e. The summed E-state index contributed by atoms with van der Waals surface area (Å²) in [6.07, 6.45) is 1.97. The predicted octanol–water partition coefficient (Wildman–Crippen LogP) is 2.06. The van der Waals surface area contributed by atoms with Gasteiger partial charge in [-0.2, -0.15) is 15.4 Å². The average molecular weight is 213 g/mol. The fraction of sp³-hybridized carbons (Fsp3) is 0.250. The maximum absolute atomic E-state index is 11.9. The lowest BCUT2D eigenvalue weighted by Crippen LogP contribution is -2.03. The zero-order valence-corrected chi connectivity index (χ0v) is 8.68. The number of nitrogens with zero attached hydrogens (tertiary/aromatic N) is 2. The van der Waals surface area contributed by atoms with Crippen molar-refractivity contribution in [3.63, 3.8) is 0 Å². The summed E-state index contributed by atoms with van der Waals surface area (Å²) in [7, 11) is 0. The first-order valence-corrected chi connectivity index (χ1v) is 5.36. The molecule has 0 amide bonds. The first-order chi connectivity index (χ1) is 7.86. The topological polar surface area (TPSA) is 58.6 Å². The Morgan fingerprint density at radius 2 is 1.94 bits per heavy atom. The van der Waals surface area contributed by atoms with E-state index >= 15 is 0 Å². The number of aromatic nitrogens is 3. The van der Waals surface area contributed by atoms with Crippen LogP contribution in [0, 0.1) is 5.92 Å². The molecule has 0 saturated heterocycles. The quantitative estimate of drug-likeness (QED) is 0.794. The number of H-pyrrole nitrogens is 1. The van der Waals surface area contributed by atoms with Crippen molar-refractivity contribution in [3.8, 4) is 11.3 Å². The van der Waals surface area contributed by atoms with Gasteiger partial charge in [0.1, 0.15) is 5.69 Å². The Kier molecular flexibility index (Phi) is 2.06. The van der Waals surface area contributed by atoms with Gasteiger partial charge in [0.05, 0.1) is 0 Å². The molecule has 1 heterocycles. The van der Waals surface area contributed by atoms with E-state index in [0.29, 0.717) is 11.4 Å². The molecule has 0 spiro atoms. The second-order valence-electron chi connectivity index (χ2n) is 4.03. The highest BCUT2D eigenvalue weighted by Gasteiger charge is 2.33. The zero-order chi connectivity index (χ0) is 11.0. The Morgan fingerprint density at radius 1 is 1.19 bits per heavy atom. The predicted molar refractivity (Wildman–Crippen MR) is 58.9 cm³/mol. The Morgan fingerprint density at radius 3 is 2.62 bits per heavy atom. The minimum absolute atomic E-state index is 0.118. The van der Waals surface area contributed by atoms with E-state index in [1.165, 1.54) is 0 Å². The summed E-state index contributed by atoms with van der Waals surface area (Å²) < 4.78 is 0. The van der Waals surface area contributed by atoms with Crippen LogP contribution in [0.4, 0.5) is 0 Å². The Balaban J connectivity index is 2.02. The third-order valence-electron chi connectivity index (χ3n) is 2.78. The maximum atomic E-state index is 11.9. The van der Waals surface area contributed by atoms with Crippen LogP contribution in [0.2, 0.25) is 0 Å². The molecule has 1 fully saturated rings. The number of carbonyl (C=O) groups is 1. The molecule has 0 bridgehead atoms. The molecule has 4 heteroatoms. The van der Waals surface area contributed by atoms with Gasteiger partial charge in [-0.3, -0.25) is 4.79 Å². The standard InChI is InChI=1S/C12H11N3O/c16-12(9-6-7-9)11-10(13-15-14-11)8-4-2-1-3-5-8/h1-5,9H,6-7H2,(H,13,14,15). The second kappa shape index (κ2) is 3.56. The van der Waals surface area contributed by atoms with Crippen molar-refractivity contribution in [1.29, 1.82) is 0 Å². The Hall–Kier alpha value is -1.97. The monoisotopic (exact) mass is 213 g/mol. The van der Waals surface area contributed by atoms with E-state index in [9.17, 15) is 4.79 Å². The number of hydrogen-bond donors (Lipinski definition) is 1. The van der Waals surface area contributed by atoms with Crippen LogP contribution in [-0.4, -0.2) is 21.2 Å². The van der Waals surface area contributed by atoms with Crippen LogP contribution in [-0.2, 0) is 0 Å². The van der Waals surface area contributed by atoms with Crippen molar-refractivity contribution < 1.29 is 4.79 Å². The van der Waals surface area contributed by atoms with Gasteiger partial charge in [0.2, 0.25) is 0 Å². The van der Waals surface area contributed by atoms with Gasteiger partial charge in [-0.25, -0.2) is 0 Å². The van der Waals surface area contributed by atoms with E-state index in [-0.39, 0.29) is 11.7 Å². The summed E-state index contributed by atoms with van der Waals surface area (Å²) in [5, 5.41) is 10.6. The molecule has 3 rings (SSSR count). The number of Topliss-reactive ketones (excluding diaryl/α,β-unsaturated/α-hetero) is 1. The first-order valence-electron chi connectivity index (χ1n) is 5.36. The lowest BCUT2D eigenvalue weighted by atomic mass is 10.1. The number of benzene rings is 1. The van der Waals surface area contributed by atoms with Crippen molar-refractivity contribution in [1.82, 2.24) is 15.4 Å². The zero-order valence-electron chi connectivity index (χ0n) is 8.68. The van der Waals surface area contributed by atoms with Gasteiger partial charge in [0.15, 0.2) is 11.5 Å². The fourth-order valence-corrected chi connectivity index (χ4v) is 1.74. The molecule has 1 aliphatic carbocycles. The van der Waals surface area contributed by atoms with E-state index in [2.05, 4.69) is 15.4 Å². The van der Waals surface area contributed by atoms with Crippen LogP contribution in [0.3, 0.4) is 0 Å². The highest BCUT2D eigenvalue weighted by atomic mass is 16.1. The van der Waals surface area contributed by atoms with E-state index in [1.54, 1.807) is 0 Å². The van der Waals surface area contributed by atoms with Gasteiger partial charge < -0.3 is 0 Å². The molecule has 2 aromatic rings. The number of ketones is 1. The Bertz CT molecular complexity index is 514. The van der Waals surface area contributed by atoms with Gasteiger partial charge in [0, 0.05) is 11.5 Å². The summed E-state index contributed by atoms with van der Waals surface area (Å²) in [6.45, 7) is 0. The van der Waals surface area contributed by atoms with Crippen LogP contribution in [0.25, 0.3) is 11.3 Å². The molecule has 0 radical (unpaired) electrons. The van der Waals surface area contributed by atoms with E-state index in [1.807, 2.05) is 30.3 Å². The number of carbonyl (C=O) groups excluding carboxylic acids is 1. The molecule has 1 aromatic carbocycles. The third kappa shape index (κ3) is 1.52. The van der Waals surface area contributed by atoms with Gasteiger partial charge in [-0.1, -0.05) is 30.3 Å². The van der Waals surface area contributed by atoms with Crippen molar-refractivity contribution in [2.45, 2.75) is 12.8 Å². The van der Waals surface area contributed by atoms with Gasteiger partial charge in [-0.05, 0) is 12.8 Å². The molecular weight excluding hydrogens is 202 g/mol. The lowest BCUT2D eigenvalue weighted by Gasteiger charge is -1.98. The van der Waals surface area contributed by atoms with Crippen molar-refractivity contribution in [2.24, 2.45) is 5.92 Å². The normalized spacial score (nSPS) is 15.0. The molecular formula is C12H11N3O. The fourth-order valence-electron chi connectivity index (χ4n) is 1.74. The molecule has 16 heavy (non-hydrogen) atoms. The number of nitrogens with one attached hydrogen (secondary N) is 1.